The fourth-order valence-corrected chi connectivity index (χ4v) is 2.73. The van der Waals surface area contributed by atoms with Gasteiger partial charge < -0.3 is 15.5 Å². The fourth-order valence-electron chi connectivity index (χ4n) is 2.73. The van der Waals surface area contributed by atoms with Gasteiger partial charge in [0.05, 0.1) is 17.7 Å². The lowest BCUT2D eigenvalue weighted by Crippen LogP contribution is -2.49. The van der Waals surface area contributed by atoms with Crippen LogP contribution in [0.5, 0.6) is 0 Å². The molecule has 1 unspecified atom stereocenters. The number of amides is 2. The SMILES string of the molecule is CNC1CCCN(C(=O)CNC(=O)c2ccccc2C(F)(F)F)C1.Cl. The molecule has 2 N–H and O–H groups in total. The lowest BCUT2D eigenvalue weighted by molar-refractivity contribution is -0.137. The van der Waals surface area contributed by atoms with E-state index >= 15 is 0 Å². The molecule has 5 nitrogen and oxygen atoms in total. The predicted molar refractivity (Wildman–Crippen MR) is 89.7 cm³/mol. The van der Waals surface area contributed by atoms with Crippen LogP contribution in [0.3, 0.4) is 0 Å². The molecule has 2 rings (SSSR count). The summed E-state index contributed by atoms with van der Waals surface area (Å²) in [5.41, 5.74) is -1.49. The number of likely N-dealkylation sites (N-methyl/N-ethyl adjacent to an activating group) is 1. The van der Waals surface area contributed by atoms with E-state index in [-0.39, 0.29) is 30.9 Å². The molecule has 0 radical (unpaired) electrons. The second-order valence-electron chi connectivity index (χ2n) is 5.69. The molecular formula is C16H21ClF3N3O2. The highest BCUT2D eigenvalue weighted by Crippen LogP contribution is 2.31. The van der Waals surface area contributed by atoms with Crippen LogP contribution in [0, 0.1) is 0 Å². The molecule has 1 aromatic rings. The molecule has 1 fully saturated rings. The number of rotatable bonds is 4. The lowest BCUT2D eigenvalue weighted by Gasteiger charge is -2.32. The second-order valence-corrected chi connectivity index (χ2v) is 5.69. The van der Waals surface area contributed by atoms with E-state index in [1.807, 2.05) is 7.05 Å². The zero-order chi connectivity index (χ0) is 17.7. The van der Waals surface area contributed by atoms with Crippen molar-refractivity contribution in [2.24, 2.45) is 0 Å². The third-order valence-electron chi connectivity index (χ3n) is 4.06. The highest BCUT2D eigenvalue weighted by molar-refractivity contribution is 5.97. The number of nitrogens with one attached hydrogen (secondary N) is 2. The molecule has 9 heteroatoms. The van der Waals surface area contributed by atoms with Gasteiger partial charge in [-0.25, -0.2) is 0 Å². The number of benzene rings is 1. The van der Waals surface area contributed by atoms with E-state index in [1.165, 1.54) is 12.1 Å². The first-order chi connectivity index (χ1) is 11.3. The van der Waals surface area contributed by atoms with E-state index in [1.54, 1.807) is 4.90 Å². The summed E-state index contributed by atoms with van der Waals surface area (Å²) in [5.74, 6) is -1.20. The summed E-state index contributed by atoms with van der Waals surface area (Å²) in [6, 6.07) is 4.72. The van der Waals surface area contributed by atoms with Gasteiger partial charge in [-0.1, -0.05) is 12.1 Å². The minimum absolute atomic E-state index is 0. The molecule has 1 aliphatic heterocycles. The van der Waals surface area contributed by atoms with Gasteiger partial charge in [0.2, 0.25) is 5.91 Å². The molecule has 0 aliphatic carbocycles. The Morgan fingerprint density at radius 1 is 1.28 bits per heavy atom. The zero-order valence-corrected chi connectivity index (χ0v) is 14.5. The summed E-state index contributed by atoms with van der Waals surface area (Å²) in [4.78, 5) is 25.8. The first-order valence-corrected chi connectivity index (χ1v) is 7.72. The van der Waals surface area contributed by atoms with Crippen LogP contribution in [0.2, 0.25) is 0 Å². The van der Waals surface area contributed by atoms with Crippen LogP contribution in [-0.4, -0.2) is 49.4 Å². The Morgan fingerprint density at radius 2 is 1.96 bits per heavy atom. The monoisotopic (exact) mass is 379 g/mol. The predicted octanol–water partition coefficient (Wildman–Crippen LogP) is 2.07. The molecule has 0 bridgehead atoms. The van der Waals surface area contributed by atoms with Crippen molar-refractivity contribution in [2.45, 2.75) is 25.1 Å². The highest BCUT2D eigenvalue weighted by atomic mass is 35.5. The third-order valence-corrected chi connectivity index (χ3v) is 4.06. The summed E-state index contributed by atoms with van der Waals surface area (Å²) in [6.45, 7) is 0.803. The number of alkyl halides is 3. The van der Waals surface area contributed by atoms with Crippen molar-refractivity contribution in [3.8, 4) is 0 Å². The first-order valence-electron chi connectivity index (χ1n) is 7.72. The highest BCUT2D eigenvalue weighted by Gasteiger charge is 2.35. The van der Waals surface area contributed by atoms with Crippen LogP contribution >= 0.6 is 12.4 Å². The smallest absolute Gasteiger partial charge is 0.343 e. The quantitative estimate of drug-likeness (QED) is 0.842. The average molecular weight is 380 g/mol. The number of hydrogen-bond acceptors (Lipinski definition) is 3. The van der Waals surface area contributed by atoms with Gasteiger partial charge >= 0.3 is 6.18 Å². The maximum Gasteiger partial charge on any atom is 0.417 e. The Morgan fingerprint density at radius 3 is 2.60 bits per heavy atom. The van der Waals surface area contributed by atoms with Gasteiger partial charge in [0.1, 0.15) is 0 Å². The molecular weight excluding hydrogens is 359 g/mol. The summed E-state index contributed by atoms with van der Waals surface area (Å²) < 4.78 is 38.8. The van der Waals surface area contributed by atoms with Crippen LogP contribution in [0.15, 0.2) is 24.3 Å². The van der Waals surface area contributed by atoms with Crippen LogP contribution in [0.4, 0.5) is 13.2 Å². The number of likely N-dealkylation sites (tertiary alicyclic amines) is 1. The first kappa shape index (κ1) is 21.2. The van der Waals surface area contributed by atoms with Crippen molar-refractivity contribution in [3.05, 3.63) is 35.4 Å². The van der Waals surface area contributed by atoms with E-state index in [4.69, 9.17) is 0 Å². The summed E-state index contributed by atoms with van der Waals surface area (Å²) in [5, 5.41) is 5.39. The molecule has 2 amide bonds. The molecule has 1 heterocycles. The minimum atomic E-state index is -4.62. The number of hydrogen-bond donors (Lipinski definition) is 2. The van der Waals surface area contributed by atoms with Gasteiger partial charge in [-0.15, -0.1) is 12.4 Å². The second kappa shape index (κ2) is 9.05. The molecule has 25 heavy (non-hydrogen) atoms. The maximum absolute atomic E-state index is 12.9. The largest absolute Gasteiger partial charge is 0.417 e. The zero-order valence-electron chi connectivity index (χ0n) is 13.7. The van der Waals surface area contributed by atoms with Crippen LogP contribution in [0.25, 0.3) is 0 Å². The topological polar surface area (TPSA) is 61.4 Å². The Hall–Kier alpha value is -1.80. The van der Waals surface area contributed by atoms with Gasteiger partial charge in [-0.2, -0.15) is 13.2 Å². The fraction of sp³-hybridized carbons (Fsp3) is 0.500. The molecule has 1 atom stereocenters. The van der Waals surface area contributed by atoms with E-state index in [2.05, 4.69) is 10.6 Å². The van der Waals surface area contributed by atoms with Gasteiger partial charge in [-0.3, -0.25) is 9.59 Å². The molecule has 1 aromatic carbocycles. The standard InChI is InChI=1S/C16H20F3N3O2.ClH/c1-20-11-5-4-8-22(10-11)14(23)9-21-15(24)12-6-2-3-7-13(12)16(17,18)19;/h2-3,6-7,11,20H,4-5,8-10H2,1H3,(H,21,24);1H. The number of piperidine rings is 1. The normalized spacial score (nSPS) is 17.6. The number of halogens is 4. The molecule has 0 spiro atoms. The Bertz CT molecular complexity index is 611. The summed E-state index contributed by atoms with van der Waals surface area (Å²) in [6.07, 6.45) is -2.81. The summed E-state index contributed by atoms with van der Waals surface area (Å²) in [7, 11) is 1.81. The Kier molecular flexibility index (Phi) is 7.69. The van der Waals surface area contributed by atoms with E-state index in [9.17, 15) is 22.8 Å². The summed E-state index contributed by atoms with van der Waals surface area (Å²) >= 11 is 0. The van der Waals surface area contributed by atoms with E-state index in [0.717, 1.165) is 25.0 Å². The molecule has 0 saturated carbocycles. The van der Waals surface area contributed by atoms with Crippen LogP contribution in [-0.2, 0) is 11.0 Å². The van der Waals surface area contributed by atoms with E-state index < -0.39 is 23.2 Å². The molecule has 0 aromatic heterocycles. The van der Waals surface area contributed by atoms with Crippen molar-refractivity contribution in [1.82, 2.24) is 15.5 Å². The van der Waals surface area contributed by atoms with Gasteiger partial charge in [0.25, 0.3) is 5.91 Å². The third kappa shape index (κ3) is 5.61. The van der Waals surface area contributed by atoms with Crippen molar-refractivity contribution in [2.75, 3.05) is 26.7 Å². The number of carbonyl (C=O) groups is 2. The van der Waals surface area contributed by atoms with Gasteiger partial charge in [0.15, 0.2) is 0 Å². The minimum Gasteiger partial charge on any atom is -0.343 e. The Labute approximate surface area is 150 Å². The number of nitrogens with zero attached hydrogens (tertiary/aromatic N) is 1. The van der Waals surface area contributed by atoms with Crippen molar-refractivity contribution < 1.29 is 22.8 Å². The molecule has 1 aliphatic rings. The van der Waals surface area contributed by atoms with Gasteiger partial charge in [0, 0.05) is 19.1 Å². The lowest BCUT2D eigenvalue weighted by atomic mass is 10.1. The number of carbonyl (C=O) groups excluding carboxylic acids is 2. The van der Waals surface area contributed by atoms with Gasteiger partial charge in [-0.05, 0) is 32.0 Å². The van der Waals surface area contributed by atoms with Crippen LogP contribution < -0.4 is 10.6 Å². The van der Waals surface area contributed by atoms with Crippen molar-refractivity contribution in [3.63, 3.8) is 0 Å². The molecule has 1 saturated heterocycles. The van der Waals surface area contributed by atoms with Crippen molar-refractivity contribution in [1.29, 1.82) is 0 Å². The van der Waals surface area contributed by atoms with Crippen LogP contribution in [0.1, 0.15) is 28.8 Å². The Balaban J connectivity index is 0.00000312. The molecule has 140 valence electrons. The van der Waals surface area contributed by atoms with Crippen molar-refractivity contribution >= 4 is 24.2 Å². The van der Waals surface area contributed by atoms with E-state index in [0.29, 0.717) is 13.1 Å². The maximum atomic E-state index is 12.9. The average Bonchev–Trinajstić information content (AvgIpc) is 2.58.